The first-order valence-electron chi connectivity index (χ1n) is 6.23. The Morgan fingerprint density at radius 1 is 1.35 bits per heavy atom. The highest BCUT2D eigenvalue weighted by molar-refractivity contribution is 9.10. The van der Waals surface area contributed by atoms with Gasteiger partial charge < -0.3 is 4.98 Å². The molecule has 2 aromatic rings. The summed E-state index contributed by atoms with van der Waals surface area (Å²) in [4.78, 5) is 18.9. The lowest BCUT2D eigenvalue weighted by Crippen LogP contribution is -2.16. The van der Waals surface area contributed by atoms with E-state index in [-0.39, 0.29) is 32.8 Å². The molecule has 1 fully saturated rings. The van der Waals surface area contributed by atoms with E-state index < -0.39 is 11.6 Å². The number of nitrogens with one attached hydrogen (secondary N) is 1. The molecule has 1 aliphatic carbocycles. The molecular formula is C14H11BrF2N2O. The van der Waals surface area contributed by atoms with E-state index in [0.717, 1.165) is 18.9 Å². The minimum atomic E-state index is -0.743. The maximum atomic E-state index is 14.2. The van der Waals surface area contributed by atoms with Gasteiger partial charge >= 0.3 is 0 Å². The van der Waals surface area contributed by atoms with E-state index in [1.165, 1.54) is 13.0 Å². The second kappa shape index (κ2) is 4.77. The smallest absolute Gasteiger partial charge is 0.254 e. The van der Waals surface area contributed by atoms with Crippen LogP contribution in [-0.2, 0) is 0 Å². The first kappa shape index (κ1) is 13.4. The van der Waals surface area contributed by atoms with Crippen LogP contribution in [0, 0.1) is 18.6 Å². The van der Waals surface area contributed by atoms with Gasteiger partial charge in [0.05, 0.1) is 15.7 Å². The summed E-state index contributed by atoms with van der Waals surface area (Å²) in [6, 6.07) is 2.44. The van der Waals surface area contributed by atoms with Crippen LogP contribution in [0.1, 0.15) is 30.1 Å². The number of hydrogen-bond acceptors (Lipinski definition) is 2. The molecule has 0 unspecified atom stereocenters. The Morgan fingerprint density at radius 3 is 2.70 bits per heavy atom. The molecule has 104 valence electrons. The molecule has 1 aromatic heterocycles. The van der Waals surface area contributed by atoms with Crippen LogP contribution in [0.25, 0.3) is 11.3 Å². The summed E-state index contributed by atoms with van der Waals surface area (Å²) < 4.78 is 28.3. The van der Waals surface area contributed by atoms with E-state index in [4.69, 9.17) is 0 Å². The topological polar surface area (TPSA) is 45.8 Å². The predicted molar refractivity (Wildman–Crippen MR) is 74.6 cm³/mol. The van der Waals surface area contributed by atoms with Crippen molar-refractivity contribution in [3.8, 4) is 11.3 Å². The normalized spacial score (nSPS) is 14.6. The number of aromatic amines is 1. The minimum Gasteiger partial charge on any atom is -0.310 e. The standard InChI is InChI=1S/C14H11BrF2N2O/c1-6-12(10-9(16)5-4-8(15)11(10)17)18-13(7-2-3-7)19-14(6)20/h4-5,7H,2-3H2,1H3,(H,18,19,20). The van der Waals surface area contributed by atoms with Crippen molar-refractivity contribution in [1.82, 2.24) is 9.97 Å². The molecule has 1 aliphatic rings. The number of benzene rings is 1. The lowest BCUT2D eigenvalue weighted by atomic mass is 10.1. The fourth-order valence-electron chi connectivity index (χ4n) is 2.09. The Bertz CT molecular complexity index is 754. The predicted octanol–water partition coefficient (Wildman–Crippen LogP) is 3.66. The van der Waals surface area contributed by atoms with Crippen molar-refractivity contribution in [2.24, 2.45) is 0 Å². The van der Waals surface area contributed by atoms with Crippen LogP contribution in [0.4, 0.5) is 8.78 Å². The summed E-state index contributed by atoms with van der Waals surface area (Å²) in [5.41, 5.74) is -0.321. The summed E-state index contributed by atoms with van der Waals surface area (Å²) in [6.45, 7) is 1.51. The molecule has 0 bridgehead atoms. The number of rotatable bonds is 2. The van der Waals surface area contributed by atoms with Crippen molar-refractivity contribution in [2.45, 2.75) is 25.7 Å². The molecular weight excluding hydrogens is 330 g/mol. The molecule has 0 atom stereocenters. The Kier molecular flexibility index (Phi) is 3.20. The second-order valence-corrected chi connectivity index (χ2v) is 5.77. The van der Waals surface area contributed by atoms with Gasteiger partial charge in [-0.05, 0) is 47.8 Å². The van der Waals surface area contributed by atoms with Gasteiger partial charge in [-0.3, -0.25) is 4.79 Å². The number of aromatic nitrogens is 2. The average molecular weight is 341 g/mol. The van der Waals surface area contributed by atoms with Crippen molar-refractivity contribution in [3.05, 3.63) is 50.0 Å². The average Bonchev–Trinajstić information content (AvgIpc) is 3.23. The Hall–Kier alpha value is -1.56. The molecule has 0 spiro atoms. The lowest BCUT2D eigenvalue weighted by Gasteiger charge is -2.10. The SMILES string of the molecule is Cc1c(-c2c(F)ccc(Br)c2F)nc(C2CC2)[nH]c1=O. The maximum absolute atomic E-state index is 14.2. The quantitative estimate of drug-likeness (QED) is 0.848. The van der Waals surface area contributed by atoms with Crippen molar-refractivity contribution in [1.29, 1.82) is 0 Å². The number of nitrogens with zero attached hydrogens (tertiary/aromatic N) is 1. The highest BCUT2D eigenvalue weighted by Crippen LogP contribution is 2.39. The molecule has 1 heterocycles. The van der Waals surface area contributed by atoms with Gasteiger partial charge in [0.1, 0.15) is 17.5 Å². The minimum absolute atomic E-state index is 0.0759. The van der Waals surface area contributed by atoms with Crippen LogP contribution in [-0.4, -0.2) is 9.97 Å². The number of H-pyrrole nitrogens is 1. The van der Waals surface area contributed by atoms with Crippen LogP contribution in [0.5, 0.6) is 0 Å². The molecule has 6 heteroatoms. The van der Waals surface area contributed by atoms with Crippen molar-refractivity contribution in [3.63, 3.8) is 0 Å². The van der Waals surface area contributed by atoms with E-state index in [9.17, 15) is 13.6 Å². The van der Waals surface area contributed by atoms with Crippen molar-refractivity contribution < 1.29 is 8.78 Å². The fourth-order valence-corrected chi connectivity index (χ4v) is 2.42. The summed E-state index contributed by atoms with van der Waals surface area (Å²) in [6.07, 6.45) is 1.88. The monoisotopic (exact) mass is 340 g/mol. The summed E-state index contributed by atoms with van der Waals surface area (Å²) >= 11 is 3.03. The van der Waals surface area contributed by atoms with Crippen LogP contribution in [0.2, 0.25) is 0 Å². The third-order valence-corrected chi connectivity index (χ3v) is 4.03. The van der Waals surface area contributed by atoms with Crippen LogP contribution in [0.15, 0.2) is 21.4 Å². The van der Waals surface area contributed by atoms with Crippen molar-refractivity contribution >= 4 is 15.9 Å². The van der Waals surface area contributed by atoms with Gasteiger partial charge in [-0.1, -0.05) is 0 Å². The van der Waals surface area contributed by atoms with Crippen molar-refractivity contribution in [2.75, 3.05) is 0 Å². The Balaban J connectivity index is 2.29. The fraction of sp³-hybridized carbons (Fsp3) is 0.286. The highest BCUT2D eigenvalue weighted by Gasteiger charge is 2.28. The molecule has 0 saturated heterocycles. The third kappa shape index (κ3) is 2.18. The molecule has 1 N–H and O–H groups in total. The first-order valence-corrected chi connectivity index (χ1v) is 7.03. The summed E-state index contributed by atoms with van der Waals surface area (Å²) in [5, 5.41) is 0. The van der Waals surface area contributed by atoms with Gasteiger partial charge in [0.25, 0.3) is 5.56 Å². The van der Waals surface area contributed by atoms with E-state index in [0.29, 0.717) is 5.82 Å². The largest absolute Gasteiger partial charge is 0.310 e. The molecule has 0 aliphatic heterocycles. The Labute approximate surface area is 122 Å². The molecule has 3 nitrogen and oxygen atoms in total. The van der Waals surface area contributed by atoms with Gasteiger partial charge in [-0.2, -0.15) is 0 Å². The zero-order valence-corrected chi connectivity index (χ0v) is 12.2. The molecule has 20 heavy (non-hydrogen) atoms. The van der Waals surface area contributed by atoms with Gasteiger partial charge in [0, 0.05) is 11.5 Å². The van der Waals surface area contributed by atoms with E-state index in [1.807, 2.05) is 0 Å². The second-order valence-electron chi connectivity index (χ2n) is 4.92. The Morgan fingerprint density at radius 2 is 2.05 bits per heavy atom. The molecule has 1 aromatic carbocycles. The highest BCUT2D eigenvalue weighted by atomic mass is 79.9. The lowest BCUT2D eigenvalue weighted by molar-refractivity contribution is 0.583. The molecule has 3 rings (SSSR count). The van der Waals surface area contributed by atoms with E-state index in [2.05, 4.69) is 25.9 Å². The number of hydrogen-bond donors (Lipinski definition) is 1. The summed E-state index contributed by atoms with van der Waals surface area (Å²) in [7, 11) is 0. The van der Waals surface area contributed by atoms with Crippen LogP contribution in [0.3, 0.4) is 0 Å². The van der Waals surface area contributed by atoms with E-state index >= 15 is 0 Å². The zero-order chi connectivity index (χ0) is 14.4. The maximum Gasteiger partial charge on any atom is 0.254 e. The van der Waals surface area contributed by atoms with Gasteiger partial charge in [0.15, 0.2) is 0 Å². The molecule has 1 saturated carbocycles. The van der Waals surface area contributed by atoms with Crippen LogP contribution < -0.4 is 5.56 Å². The molecule has 0 radical (unpaired) electrons. The van der Waals surface area contributed by atoms with Gasteiger partial charge in [0.2, 0.25) is 0 Å². The third-order valence-electron chi connectivity index (χ3n) is 3.41. The van der Waals surface area contributed by atoms with Crippen LogP contribution >= 0.6 is 15.9 Å². The summed E-state index contributed by atoms with van der Waals surface area (Å²) in [5.74, 6) is -0.767. The zero-order valence-electron chi connectivity index (χ0n) is 10.6. The van der Waals surface area contributed by atoms with E-state index in [1.54, 1.807) is 0 Å². The molecule has 0 amide bonds. The van der Waals surface area contributed by atoms with Gasteiger partial charge in [-0.25, -0.2) is 13.8 Å². The number of halogens is 3. The van der Waals surface area contributed by atoms with Gasteiger partial charge in [-0.15, -0.1) is 0 Å². The first-order chi connectivity index (χ1) is 9.49.